The second kappa shape index (κ2) is 8.99. The van der Waals surface area contributed by atoms with E-state index in [9.17, 15) is 4.79 Å². The first-order chi connectivity index (χ1) is 13.5. The van der Waals surface area contributed by atoms with Gasteiger partial charge >= 0.3 is 0 Å². The highest BCUT2D eigenvalue weighted by Gasteiger charge is 2.12. The molecule has 3 rings (SSSR count). The molecular weight excluding hydrogens is 352 g/mol. The average Bonchev–Trinajstić information content (AvgIpc) is 2.69. The third-order valence-corrected chi connectivity index (χ3v) is 4.12. The predicted octanol–water partition coefficient (Wildman–Crippen LogP) is 4.44. The highest BCUT2D eigenvalue weighted by Crippen LogP contribution is 2.25. The highest BCUT2D eigenvalue weighted by atomic mass is 16.5. The Hall–Kier alpha value is -3.41. The lowest BCUT2D eigenvalue weighted by molar-refractivity contribution is 0.102. The third kappa shape index (κ3) is 5.07. The lowest BCUT2D eigenvalue weighted by atomic mass is 10.1. The maximum absolute atomic E-state index is 12.5. The fraction of sp³-hybridized carbons (Fsp3) is 0.227. The number of hydrogen-bond acceptors (Lipinski definition) is 5. The van der Waals surface area contributed by atoms with E-state index in [-0.39, 0.29) is 17.7 Å². The zero-order chi connectivity index (χ0) is 19.9. The van der Waals surface area contributed by atoms with Crippen LogP contribution in [-0.4, -0.2) is 22.2 Å². The first kappa shape index (κ1) is 19.4. The maximum Gasteiger partial charge on any atom is 0.276 e. The highest BCUT2D eigenvalue weighted by molar-refractivity contribution is 6.03. The molecule has 0 fully saturated rings. The minimum Gasteiger partial charge on any atom is -0.489 e. The minimum absolute atomic E-state index is 0.0106. The molecule has 0 spiro atoms. The number of carbonyl (C=O) groups excluding carboxylic acids is 1. The van der Waals surface area contributed by atoms with Crippen LogP contribution in [0, 0.1) is 6.92 Å². The molecule has 0 aliphatic rings. The van der Waals surface area contributed by atoms with E-state index in [1.807, 2.05) is 44.2 Å². The van der Waals surface area contributed by atoms with E-state index in [4.69, 9.17) is 4.74 Å². The van der Waals surface area contributed by atoms with Gasteiger partial charge in [-0.2, -0.15) is 0 Å². The summed E-state index contributed by atoms with van der Waals surface area (Å²) in [5, 5.41) is 14.2. The van der Waals surface area contributed by atoms with Crippen molar-refractivity contribution in [3.8, 4) is 5.75 Å². The Labute approximate surface area is 165 Å². The Morgan fingerprint density at radius 1 is 1.00 bits per heavy atom. The Kier molecular flexibility index (Phi) is 6.22. The van der Waals surface area contributed by atoms with E-state index in [2.05, 4.69) is 39.9 Å². The van der Waals surface area contributed by atoms with E-state index in [1.165, 1.54) is 11.1 Å². The van der Waals surface area contributed by atoms with Crippen LogP contribution < -0.4 is 15.4 Å². The zero-order valence-electron chi connectivity index (χ0n) is 16.3. The molecule has 6 heteroatoms. The van der Waals surface area contributed by atoms with Gasteiger partial charge in [0.25, 0.3) is 5.91 Å². The van der Waals surface area contributed by atoms with E-state index in [0.29, 0.717) is 23.8 Å². The van der Waals surface area contributed by atoms with Crippen LogP contribution in [0.2, 0.25) is 0 Å². The molecule has 1 aromatic heterocycles. The first-order valence-corrected chi connectivity index (χ1v) is 9.22. The number of aromatic nitrogens is 2. The van der Waals surface area contributed by atoms with Gasteiger partial charge in [-0.1, -0.05) is 36.4 Å². The number of nitrogens with one attached hydrogen (secondary N) is 2. The Morgan fingerprint density at radius 2 is 1.75 bits per heavy atom. The number of nitrogens with zero attached hydrogens (tertiary/aromatic N) is 2. The molecule has 0 saturated carbocycles. The summed E-state index contributed by atoms with van der Waals surface area (Å²) in [7, 11) is 0. The Bertz CT molecular complexity index is 939. The summed E-state index contributed by atoms with van der Waals surface area (Å²) in [5.74, 6) is 0.899. The summed E-state index contributed by atoms with van der Waals surface area (Å²) < 4.78 is 5.72. The summed E-state index contributed by atoms with van der Waals surface area (Å²) in [5.41, 5.74) is 3.24. The number of hydrogen-bond donors (Lipinski definition) is 2. The molecule has 28 heavy (non-hydrogen) atoms. The molecule has 3 aromatic rings. The molecule has 0 bridgehead atoms. The van der Waals surface area contributed by atoms with Crippen LogP contribution in [0.5, 0.6) is 5.75 Å². The molecule has 2 aromatic carbocycles. The second-order valence-electron chi connectivity index (χ2n) is 6.70. The molecule has 2 N–H and O–H groups in total. The smallest absolute Gasteiger partial charge is 0.276 e. The molecule has 1 amide bonds. The van der Waals surface area contributed by atoms with Gasteiger partial charge in [0.1, 0.15) is 11.6 Å². The van der Waals surface area contributed by atoms with Crippen molar-refractivity contribution in [1.29, 1.82) is 0 Å². The first-order valence-electron chi connectivity index (χ1n) is 9.22. The molecule has 0 aliphatic heterocycles. The zero-order valence-corrected chi connectivity index (χ0v) is 16.3. The topological polar surface area (TPSA) is 76.1 Å². The van der Waals surface area contributed by atoms with Crippen molar-refractivity contribution in [3.63, 3.8) is 0 Å². The number of amides is 1. The van der Waals surface area contributed by atoms with Gasteiger partial charge in [-0.3, -0.25) is 4.79 Å². The Morgan fingerprint density at radius 3 is 2.46 bits per heavy atom. The van der Waals surface area contributed by atoms with Crippen molar-refractivity contribution in [2.45, 2.75) is 33.4 Å². The number of anilines is 2. The van der Waals surface area contributed by atoms with E-state index in [1.54, 1.807) is 18.2 Å². The number of ether oxygens (including phenoxy) is 1. The van der Waals surface area contributed by atoms with Gasteiger partial charge in [-0.15, -0.1) is 10.2 Å². The Balaban J connectivity index is 1.63. The van der Waals surface area contributed by atoms with Crippen molar-refractivity contribution in [2.75, 3.05) is 10.6 Å². The third-order valence-electron chi connectivity index (χ3n) is 4.12. The second-order valence-corrected chi connectivity index (χ2v) is 6.70. The predicted molar refractivity (Wildman–Crippen MR) is 111 cm³/mol. The van der Waals surface area contributed by atoms with Gasteiger partial charge < -0.3 is 15.4 Å². The summed E-state index contributed by atoms with van der Waals surface area (Å²) >= 11 is 0. The summed E-state index contributed by atoms with van der Waals surface area (Å²) in [6.45, 7) is 6.59. The molecule has 144 valence electrons. The van der Waals surface area contributed by atoms with Gasteiger partial charge in [0.15, 0.2) is 5.69 Å². The molecule has 0 saturated heterocycles. The standard InChI is InChI=1S/C22H24N4O2/c1-15(2)28-20-11-7-6-10-18(20)24-22(27)19-12-13-21(26-25-19)23-14-17-9-5-4-8-16(17)3/h4-13,15H,14H2,1-3H3,(H,23,26)(H,24,27). The van der Waals surface area contributed by atoms with Crippen molar-refractivity contribution >= 4 is 17.4 Å². The van der Waals surface area contributed by atoms with Crippen molar-refractivity contribution in [3.05, 3.63) is 77.5 Å². The number of benzene rings is 2. The quantitative estimate of drug-likeness (QED) is 0.638. The number of para-hydroxylation sites is 2. The van der Waals surface area contributed by atoms with Gasteiger partial charge in [-0.05, 0) is 56.2 Å². The van der Waals surface area contributed by atoms with Crippen molar-refractivity contribution in [1.82, 2.24) is 10.2 Å². The summed E-state index contributed by atoms with van der Waals surface area (Å²) in [6, 6.07) is 18.9. The monoisotopic (exact) mass is 376 g/mol. The summed E-state index contributed by atoms with van der Waals surface area (Å²) in [4.78, 5) is 12.5. The van der Waals surface area contributed by atoms with Crippen LogP contribution in [0.4, 0.5) is 11.5 Å². The molecule has 0 unspecified atom stereocenters. The van der Waals surface area contributed by atoms with E-state index >= 15 is 0 Å². The molecule has 1 heterocycles. The SMILES string of the molecule is Cc1ccccc1CNc1ccc(C(=O)Nc2ccccc2OC(C)C)nn1. The number of aryl methyl sites for hydroxylation is 1. The van der Waals surface area contributed by atoms with Crippen LogP contribution >= 0.6 is 0 Å². The minimum atomic E-state index is -0.335. The molecule has 0 atom stereocenters. The van der Waals surface area contributed by atoms with Gasteiger partial charge in [0, 0.05) is 6.54 Å². The average molecular weight is 376 g/mol. The molecule has 0 aliphatic carbocycles. The van der Waals surface area contributed by atoms with Gasteiger partial charge in [0.2, 0.25) is 0 Å². The lowest BCUT2D eigenvalue weighted by Gasteiger charge is -2.14. The summed E-state index contributed by atoms with van der Waals surface area (Å²) in [6.07, 6.45) is 0.0106. The van der Waals surface area contributed by atoms with E-state index < -0.39 is 0 Å². The van der Waals surface area contributed by atoms with Crippen LogP contribution in [0.1, 0.15) is 35.5 Å². The maximum atomic E-state index is 12.5. The normalized spacial score (nSPS) is 10.6. The molecule has 0 radical (unpaired) electrons. The number of carbonyl (C=O) groups is 1. The molecule has 6 nitrogen and oxygen atoms in total. The molecular formula is C22H24N4O2. The van der Waals surface area contributed by atoms with Crippen molar-refractivity contribution < 1.29 is 9.53 Å². The van der Waals surface area contributed by atoms with Crippen LogP contribution in [-0.2, 0) is 6.54 Å². The van der Waals surface area contributed by atoms with Gasteiger partial charge in [-0.25, -0.2) is 0 Å². The van der Waals surface area contributed by atoms with Crippen LogP contribution in [0.15, 0.2) is 60.7 Å². The van der Waals surface area contributed by atoms with Crippen LogP contribution in [0.25, 0.3) is 0 Å². The van der Waals surface area contributed by atoms with E-state index in [0.717, 1.165) is 0 Å². The number of rotatable bonds is 7. The van der Waals surface area contributed by atoms with Crippen molar-refractivity contribution in [2.24, 2.45) is 0 Å². The largest absolute Gasteiger partial charge is 0.489 e. The van der Waals surface area contributed by atoms with Gasteiger partial charge in [0.05, 0.1) is 11.8 Å². The fourth-order valence-electron chi connectivity index (χ4n) is 2.65. The van der Waals surface area contributed by atoms with Crippen LogP contribution in [0.3, 0.4) is 0 Å². The fourth-order valence-corrected chi connectivity index (χ4v) is 2.65. The lowest BCUT2D eigenvalue weighted by Crippen LogP contribution is -2.16.